The number of hydrogen-bond acceptors (Lipinski definition) is 5. The van der Waals surface area contributed by atoms with E-state index in [0.717, 1.165) is 22.7 Å². The average Bonchev–Trinajstić information content (AvgIpc) is 2.87. The van der Waals surface area contributed by atoms with Crippen LogP contribution in [-0.2, 0) is 4.79 Å². The summed E-state index contributed by atoms with van der Waals surface area (Å²) < 4.78 is 6.72. The largest absolute Gasteiger partial charge is 0.497 e. The van der Waals surface area contributed by atoms with Gasteiger partial charge in [-0.15, -0.1) is 5.10 Å². The van der Waals surface area contributed by atoms with Gasteiger partial charge in [0.15, 0.2) is 5.65 Å². The molecule has 0 fully saturated rings. The zero-order valence-corrected chi connectivity index (χ0v) is 10.5. The molecule has 0 radical (unpaired) electrons. The van der Waals surface area contributed by atoms with Gasteiger partial charge >= 0.3 is 5.97 Å². The van der Waals surface area contributed by atoms with Crippen LogP contribution in [0.3, 0.4) is 0 Å². The number of ether oxygens (including phenoxy) is 1. The van der Waals surface area contributed by atoms with Crippen molar-refractivity contribution in [1.29, 1.82) is 0 Å². The maximum absolute atomic E-state index is 10.5. The minimum absolute atomic E-state index is 0.408. The van der Waals surface area contributed by atoms with Gasteiger partial charge in [0.2, 0.25) is 0 Å². The lowest BCUT2D eigenvalue weighted by Gasteiger charge is -2.03. The number of carboxylic acids is 1. The van der Waals surface area contributed by atoms with E-state index >= 15 is 0 Å². The lowest BCUT2D eigenvalue weighted by atomic mass is 10.2. The zero-order valence-electron chi connectivity index (χ0n) is 10.5. The summed E-state index contributed by atoms with van der Waals surface area (Å²) in [6.45, 7) is 0. The standard InChI is InChI=1S/C13H10N4O3/c1-20-9-2-4-11-8(6-9)7-14-13-10(3-5-12(18)19)15-16-17(11)13/h2-7H,1H3,(H,18,19). The molecule has 1 N–H and O–H groups in total. The van der Waals surface area contributed by atoms with Crippen LogP contribution in [-0.4, -0.2) is 38.0 Å². The molecule has 1 aromatic carbocycles. The predicted octanol–water partition coefficient (Wildman–Crippen LogP) is 1.38. The van der Waals surface area contributed by atoms with E-state index in [9.17, 15) is 4.79 Å². The zero-order chi connectivity index (χ0) is 14.1. The Kier molecular flexibility index (Phi) is 2.79. The van der Waals surface area contributed by atoms with Crippen molar-refractivity contribution in [2.45, 2.75) is 0 Å². The Hall–Kier alpha value is -2.96. The Balaban J connectivity index is 2.21. The van der Waals surface area contributed by atoms with Gasteiger partial charge in [0.1, 0.15) is 11.4 Å². The molecule has 7 nitrogen and oxygen atoms in total. The summed E-state index contributed by atoms with van der Waals surface area (Å²) in [6, 6.07) is 5.51. The van der Waals surface area contributed by atoms with Gasteiger partial charge in [0.25, 0.3) is 0 Å². The van der Waals surface area contributed by atoms with Crippen LogP contribution in [0.15, 0.2) is 30.5 Å². The lowest BCUT2D eigenvalue weighted by Crippen LogP contribution is -1.94. The van der Waals surface area contributed by atoms with Gasteiger partial charge in [-0.25, -0.2) is 9.78 Å². The fourth-order valence-electron chi connectivity index (χ4n) is 1.92. The third kappa shape index (κ3) is 1.95. The van der Waals surface area contributed by atoms with Crippen LogP contribution in [0, 0.1) is 0 Å². The molecule has 3 rings (SSSR count). The van der Waals surface area contributed by atoms with Crippen LogP contribution >= 0.6 is 0 Å². The van der Waals surface area contributed by atoms with Crippen LogP contribution in [0.2, 0.25) is 0 Å². The van der Waals surface area contributed by atoms with E-state index in [0.29, 0.717) is 11.3 Å². The number of benzene rings is 1. The number of aliphatic carboxylic acids is 1. The third-order valence-corrected chi connectivity index (χ3v) is 2.84. The molecule has 0 aliphatic rings. The van der Waals surface area contributed by atoms with Crippen molar-refractivity contribution >= 4 is 28.6 Å². The minimum Gasteiger partial charge on any atom is -0.497 e. The van der Waals surface area contributed by atoms with Crippen molar-refractivity contribution in [3.05, 3.63) is 36.2 Å². The molecule has 0 saturated heterocycles. The molecule has 2 aromatic heterocycles. The monoisotopic (exact) mass is 270 g/mol. The van der Waals surface area contributed by atoms with Crippen molar-refractivity contribution in [3.8, 4) is 5.75 Å². The molecule has 7 heteroatoms. The molecule has 100 valence electrons. The number of fused-ring (bicyclic) bond motifs is 3. The van der Waals surface area contributed by atoms with E-state index < -0.39 is 5.97 Å². The number of rotatable bonds is 3. The summed E-state index contributed by atoms with van der Waals surface area (Å²) in [5.41, 5.74) is 1.73. The highest BCUT2D eigenvalue weighted by molar-refractivity contribution is 5.87. The smallest absolute Gasteiger partial charge is 0.328 e. The fraction of sp³-hybridized carbons (Fsp3) is 0.0769. The minimum atomic E-state index is -1.04. The van der Waals surface area contributed by atoms with Gasteiger partial charge in [-0.2, -0.15) is 4.52 Å². The van der Waals surface area contributed by atoms with Crippen molar-refractivity contribution in [2.24, 2.45) is 0 Å². The lowest BCUT2D eigenvalue weighted by molar-refractivity contribution is -0.131. The van der Waals surface area contributed by atoms with Crippen molar-refractivity contribution in [3.63, 3.8) is 0 Å². The van der Waals surface area contributed by atoms with E-state index in [4.69, 9.17) is 9.84 Å². The molecule has 0 spiro atoms. The molecule has 0 bridgehead atoms. The second kappa shape index (κ2) is 4.61. The highest BCUT2D eigenvalue weighted by Gasteiger charge is 2.09. The van der Waals surface area contributed by atoms with Crippen LogP contribution in [0.5, 0.6) is 5.75 Å². The van der Waals surface area contributed by atoms with Gasteiger partial charge in [-0.3, -0.25) is 0 Å². The summed E-state index contributed by atoms with van der Waals surface area (Å²) in [4.78, 5) is 14.8. The summed E-state index contributed by atoms with van der Waals surface area (Å²) in [5.74, 6) is -0.318. The molecule has 0 atom stereocenters. The van der Waals surface area contributed by atoms with Crippen LogP contribution in [0.25, 0.3) is 22.6 Å². The number of nitrogens with zero attached hydrogens (tertiary/aromatic N) is 4. The van der Waals surface area contributed by atoms with E-state index in [2.05, 4.69) is 15.3 Å². The van der Waals surface area contributed by atoms with Gasteiger partial charge < -0.3 is 9.84 Å². The summed E-state index contributed by atoms with van der Waals surface area (Å²) in [5, 5.41) is 17.4. The Bertz CT molecular complexity index is 838. The van der Waals surface area contributed by atoms with E-state index in [1.165, 1.54) is 6.08 Å². The van der Waals surface area contributed by atoms with Gasteiger partial charge in [0, 0.05) is 17.7 Å². The molecular weight excluding hydrogens is 260 g/mol. The van der Waals surface area contributed by atoms with Gasteiger partial charge in [0.05, 0.1) is 12.6 Å². The number of hydrogen-bond donors (Lipinski definition) is 1. The molecule has 20 heavy (non-hydrogen) atoms. The Morgan fingerprint density at radius 1 is 1.45 bits per heavy atom. The maximum atomic E-state index is 10.5. The number of methoxy groups -OCH3 is 1. The van der Waals surface area contributed by atoms with E-state index in [1.54, 1.807) is 17.8 Å². The Morgan fingerprint density at radius 2 is 2.30 bits per heavy atom. The first-order chi connectivity index (χ1) is 9.69. The number of carboxylic acid groups (broad SMARTS) is 1. The van der Waals surface area contributed by atoms with E-state index in [-0.39, 0.29) is 0 Å². The van der Waals surface area contributed by atoms with Crippen molar-refractivity contribution in [2.75, 3.05) is 7.11 Å². The van der Waals surface area contributed by atoms with E-state index in [1.807, 2.05) is 18.2 Å². The average molecular weight is 270 g/mol. The summed E-state index contributed by atoms with van der Waals surface area (Å²) in [7, 11) is 1.59. The number of carbonyl (C=O) groups is 1. The molecule has 0 aliphatic carbocycles. The Morgan fingerprint density at radius 3 is 3.05 bits per heavy atom. The quantitative estimate of drug-likeness (QED) is 0.723. The Labute approximate surface area is 113 Å². The first kappa shape index (κ1) is 12.1. The molecule has 3 aromatic rings. The van der Waals surface area contributed by atoms with Gasteiger partial charge in [-0.1, -0.05) is 5.21 Å². The topological polar surface area (TPSA) is 89.6 Å². The first-order valence-corrected chi connectivity index (χ1v) is 5.78. The second-order valence-corrected chi connectivity index (χ2v) is 4.06. The molecule has 0 amide bonds. The summed E-state index contributed by atoms with van der Waals surface area (Å²) >= 11 is 0. The fourth-order valence-corrected chi connectivity index (χ4v) is 1.92. The van der Waals surface area contributed by atoms with Crippen LogP contribution in [0.1, 0.15) is 5.69 Å². The predicted molar refractivity (Wildman–Crippen MR) is 71.5 cm³/mol. The van der Waals surface area contributed by atoms with Crippen molar-refractivity contribution in [1.82, 2.24) is 19.8 Å². The molecule has 0 saturated carbocycles. The number of aromatic nitrogens is 4. The SMILES string of the molecule is COc1ccc2c(cnc3c(C=CC(=O)O)nnn32)c1. The molecule has 2 heterocycles. The summed E-state index contributed by atoms with van der Waals surface area (Å²) in [6.07, 6.45) is 4.05. The van der Waals surface area contributed by atoms with Gasteiger partial charge in [-0.05, 0) is 24.3 Å². The first-order valence-electron chi connectivity index (χ1n) is 5.78. The molecule has 0 unspecified atom stereocenters. The molecule has 0 aliphatic heterocycles. The van der Waals surface area contributed by atoms with Crippen molar-refractivity contribution < 1.29 is 14.6 Å². The highest BCUT2D eigenvalue weighted by Crippen LogP contribution is 2.21. The van der Waals surface area contributed by atoms with Crippen LogP contribution < -0.4 is 4.74 Å². The molecular formula is C13H10N4O3. The maximum Gasteiger partial charge on any atom is 0.328 e. The third-order valence-electron chi connectivity index (χ3n) is 2.84. The second-order valence-electron chi connectivity index (χ2n) is 4.06. The highest BCUT2D eigenvalue weighted by atomic mass is 16.5. The van der Waals surface area contributed by atoms with Crippen LogP contribution in [0.4, 0.5) is 0 Å². The normalized spacial score (nSPS) is 11.4.